The summed E-state index contributed by atoms with van der Waals surface area (Å²) < 4.78 is 13.3. The van der Waals surface area contributed by atoms with Crippen LogP contribution < -0.4 is 10.1 Å². The zero-order valence-electron chi connectivity index (χ0n) is 15.3. The summed E-state index contributed by atoms with van der Waals surface area (Å²) >= 11 is 0. The smallest absolute Gasteiger partial charge is 0.358 e. The number of carbonyl (C=O) groups is 2. The molecule has 0 aliphatic rings. The predicted molar refractivity (Wildman–Crippen MR) is 96.7 cm³/mol. The van der Waals surface area contributed by atoms with Crippen molar-refractivity contribution in [1.82, 2.24) is 14.3 Å². The van der Waals surface area contributed by atoms with Gasteiger partial charge in [-0.2, -0.15) is 5.10 Å². The summed E-state index contributed by atoms with van der Waals surface area (Å²) in [5.74, 6) is -0.237. The summed E-state index contributed by atoms with van der Waals surface area (Å²) in [5, 5.41) is 7.81. The monoisotopic (exact) mass is 356 g/mol. The third-order valence-corrected chi connectivity index (χ3v) is 4.34. The Morgan fingerprint density at radius 1 is 1.19 bits per heavy atom. The first-order valence-electron chi connectivity index (χ1n) is 7.94. The van der Waals surface area contributed by atoms with Crippen molar-refractivity contribution in [1.29, 1.82) is 0 Å². The molecule has 0 aliphatic heterocycles. The molecule has 26 heavy (non-hydrogen) atoms. The van der Waals surface area contributed by atoms with Gasteiger partial charge in [-0.15, -0.1) is 0 Å². The van der Waals surface area contributed by atoms with Gasteiger partial charge in [-0.3, -0.25) is 9.48 Å². The molecule has 3 aromatic rings. The fraction of sp³-hybridized carbons (Fsp3) is 0.278. The minimum atomic E-state index is -0.567. The predicted octanol–water partition coefficient (Wildman–Crippen LogP) is 2.27. The number of aromatic nitrogens is 3. The third kappa shape index (κ3) is 2.69. The van der Waals surface area contributed by atoms with E-state index in [0.717, 1.165) is 10.9 Å². The van der Waals surface area contributed by atoms with Gasteiger partial charge in [0.2, 0.25) is 0 Å². The lowest BCUT2D eigenvalue weighted by molar-refractivity contribution is 0.0589. The Hall–Kier alpha value is -3.29. The van der Waals surface area contributed by atoms with Gasteiger partial charge in [0.15, 0.2) is 5.69 Å². The van der Waals surface area contributed by atoms with Crippen molar-refractivity contribution in [3.63, 3.8) is 0 Å². The molecule has 0 spiro atoms. The van der Waals surface area contributed by atoms with Crippen LogP contribution in [0.25, 0.3) is 10.9 Å². The minimum Gasteiger partial charge on any atom is -0.496 e. The number of fused-ring (bicyclic) bond motifs is 1. The second kappa shape index (κ2) is 6.55. The van der Waals surface area contributed by atoms with E-state index in [4.69, 9.17) is 9.47 Å². The average Bonchev–Trinajstić information content (AvgIpc) is 3.11. The molecule has 0 bridgehead atoms. The van der Waals surface area contributed by atoms with Crippen LogP contribution in [0.5, 0.6) is 5.75 Å². The molecule has 2 aromatic heterocycles. The van der Waals surface area contributed by atoms with E-state index >= 15 is 0 Å². The second-order valence-electron chi connectivity index (χ2n) is 5.86. The highest BCUT2D eigenvalue weighted by molar-refractivity contribution is 6.09. The second-order valence-corrected chi connectivity index (χ2v) is 5.86. The van der Waals surface area contributed by atoms with Gasteiger partial charge in [0.05, 0.1) is 31.1 Å². The van der Waals surface area contributed by atoms with Crippen LogP contribution in [-0.4, -0.2) is 40.4 Å². The van der Waals surface area contributed by atoms with Crippen LogP contribution >= 0.6 is 0 Å². The maximum absolute atomic E-state index is 12.9. The highest BCUT2D eigenvalue weighted by Gasteiger charge is 2.24. The number of rotatable bonds is 4. The number of hydrogen-bond donors (Lipinski definition) is 1. The summed E-state index contributed by atoms with van der Waals surface area (Å²) in [7, 11) is 6.29. The first-order chi connectivity index (χ1) is 12.4. The number of carbonyl (C=O) groups excluding carboxylic acids is 2. The van der Waals surface area contributed by atoms with E-state index in [1.807, 2.05) is 18.2 Å². The number of aryl methyl sites for hydroxylation is 3. The third-order valence-electron chi connectivity index (χ3n) is 4.34. The Labute approximate surface area is 150 Å². The molecule has 0 aliphatic carbocycles. The van der Waals surface area contributed by atoms with E-state index in [1.165, 1.54) is 11.8 Å². The maximum Gasteiger partial charge on any atom is 0.358 e. The topological polar surface area (TPSA) is 87.4 Å². The van der Waals surface area contributed by atoms with Gasteiger partial charge in [0, 0.05) is 19.5 Å². The average molecular weight is 356 g/mol. The molecule has 0 saturated heterocycles. The standard InChI is InChI=1S/C18H20N4O4/c1-10-15(16(18(24)26-5)22(3)20-10)19-17(23)13-9-11-12(21(13)2)7-6-8-14(11)25-4/h6-9H,1-5H3,(H,19,23). The van der Waals surface area contributed by atoms with E-state index in [1.54, 1.807) is 38.8 Å². The Morgan fingerprint density at radius 2 is 1.92 bits per heavy atom. The number of anilines is 1. The first-order valence-corrected chi connectivity index (χ1v) is 7.94. The Bertz CT molecular complexity index is 1020. The molecule has 3 rings (SSSR count). The van der Waals surface area contributed by atoms with Crippen molar-refractivity contribution in [2.24, 2.45) is 14.1 Å². The van der Waals surface area contributed by atoms with Crippen LogP contribution in [0.2, 0.25) is 0 Å². The van der Waals surface area contributed by atoms with Crippen LogP contribution in [0.15, 0.2) is 24.3 Å². The van der Waals surface area contributed by atoms with E-state index in [2.05, 4.69) is 10.4 Å². The largest absolute Gasteiger partial charge is 0.496 e. The number of amides is 1. The van der Waals surface area contributed by atoms with Crippen LogP contribution in [0, 0.1) is 6.92 Å². The number of ether oxygens (including phenoxy) is 2. The molecular formula is C18H20N4O4. The van der Waals surface area contributed by atoms with Crippen LogP contribution in [-0.2, 0) is 18.8 Å². The quantitative estimate of drug-likeness (QED) is 0.725. The van der Waals surface area contributed by atoms with Crippen molar-refractivity contribution in [3.8, 4) is 5.75 Å². The molecule has 0 saturated carbocycles. The van der Waals surface area contributed by atoms with Gasteiger partial charge >= 0.3 is 5.97 Å². The van der Waals surface area contributed by atoms with Gasteiger partial charge < -0.3 is 19.4 Å². The highest BCUT2D eigenvalue weighted by Crippen LogP contribution is 2.29. The lowest BCUT2D eigenvalue weighted by Crippen LogP contribution is -2.18. The van der Waals surface area contributed by atoms with Gasteiger partial charge in [-0.05, 0) is 25.1 Å². The van der Waals surface area contributed by atoms with Crippen molar-refractivity contribution < 1.29 is 19.1 Å². The van der Waals surface area contributed by atoms with E-state index in [9.17, 15) is 9.59 Å². The zero-order chi connectivity index (χ0) is 19.0. The molecule has 1 N–H and O–H groups in total. The summed E-state index contributed by atoms with van der Waals surface area (Å²) in [5.41, 5.74) is 2.35. The molecule has 1 aromatic carbocycles. The first kappa shape index (κ1) is 17.5. The Morgan fingerprint density at radius 3 is 2.58 bits per heavy atom. The molecule has 1 amide bonds. The van der Waals surface area contributed by atoms with Gasteiger partial charge in [0.1, 0.15) is 11.4 Å². The number of nitrogens with one attached hydrogen (secondary N) is 1. The van der Waals surface area contributed by atoms with Crippen LogP contribution in [0.4, 0.5) is 5.69 Å². The van der Waals surface area contributed by atoms with Gasteiger partial charge in [-0.1, -0.05) is 6.07 Å². The van der Waals surface area contributed by atoms with Crippen molar-refractivity contribution in [3.05, 3.63) is 41.3 Å². The summed E-state index contributed by atoms with van der Waals surface area (Å²) in [6.45, 7) is 1.71. The van der Waals surface area contributed by atoms with E-state index in [0.29, 0.717) is 22.8 Å². The SMILES string of the molecule is COC(=O)c1c(NC(=O)c2cc3c(OC)cccc3n2C)c(C)nn1C. The molecule has 136 valence electrons. The van der Waals surface area contributed by atoms with Gasteiger partial charge in [0.25, 0.3) is 5.91 Å². The number of hydrogen-bond acceptors (Lipinski definition) is 5. The molecule has 0 radical (unpaired) electrons. The molecule has 2 heterocycles. The highest BCUT2D eigenvalue weighted by atomic mass is 16.5. The molecule has 8 heteroatoms. The lowest BCUT2D eigenvalue weighted by atomic mass is 10.2. The van der Waals surface area contributed by atoms with E-state index in [-0.39, 0.29) is 11.6 Å². The number of nitrogens with zero attached hydrogens (tertiary/aromatic N) is 3. The van der Waals surface area contributed by atoms with E-state index < -0.39 is 5.97 Å². The Kier molecular flexibility index (Phi) is 4.41. The van der Waals surface area contributed by atoms with Crippen molar-refractivity contribution in [2.75, 3.05) is 19.5 Å². The number of methoxy groups -OCH3 is 2. The van der Waals surface area contributed by atoms with Crippen LogP contribution in [0.1, 0.15) is 26.7 Å². The minimum absolute atomic E-state index is 0.190. The molecular weight excluding hydrogens is 336 g/mol. The summed E-state index contributed by atoms with van der Waals surface area (Å²) in [6.07, 6.45) is 0. The van der Waals surface area contributed by atoms with Crippen LogP contribution in [0.3, 0.4) is 0 Å². The Balaban J connectivity index is 2.04. The van der Waals surface area contributed by atoms with Crippen molar-refractivity contribution >= 4 is 28.5 Å². The lowest BCUT2D eigenvalue weighted by Gasteiger charge is -2.08. The summed E-state index contributed by atoms with van der Waals surface area (Å²) in [4.78, 5) is 24.9. The fourth-order valence-electron chi connectivity index (χ4n) is 3.05. The molecule has 0 fully saturated rings. The summed E-state index contributed by atoms with van der Waals surface area (Å²) in [6, 6.07) is 7.37. The zero-order valence-corrected chi connectivity index (χ0v) is 15.3. The van der Waals surface area contributed by atoms with Gasteiger partial charge in [-0.25, -0.2) is 4.79 Å². The molecule has 8 nitrogen and oxygen atoms in total. The van der Waals surface area contributed by atoms with Crippen molar-refractivity contribution in [2.45, 2.75) is 6.92 Å². The number of benzene rings is 1. The molecule has 0 unspecified atom stereocenters. The fourth-order valence-corrected chi connectivity index (χ4v) is 3.05. The maximum atomic E-state index is 12.9. The number of esters is 1. The molecule has 0 atom stereocenters. The normalized spacial score (nSPS) is 10.8.